The van der Waals surface area contributed by atoms with Gasteiger partial charge >= 0.3 is 0 Å². The summed E-state index contributed by atoms with van der Waals surface area (Å²) in [5.74, 6) is 0.229. The highest BCUT2D eigenvalue weighted by molar-refractivity contribution is 7.80. The van der Waals surface area contributed by atoms with E-state index < -0.39 is 0 Å². The second-order valence-electron chi connectivity index (χ2n) is 5.98. The van der Waals surface area contributed by atoms with Crippen LogP contribution in [0.15, 0.2) is 72.8 Å². The number of hydrogen-bond donors (Lipinski definition) is 2. The highest BCUT2D eigenvalue weighted by Gasteiger charge is 2.15. The molecule has 0 radical (unpaired) electrons. The summed E-state index contributed by atoms with van der Waals surface area (Å²) in [6.07, 6.45) is 0. The van der Waals surface area contributed by atoms with Crippen molar-refractivity contribution in [1.82, 2.24) is 5.32 Å². The van der Waals surface area contributed by atoms with Crippen LogP contribution < -0.4 is 15.4 Å². The fourth-order valence-electron chi connectivity index (χ4n) is 2.89. The van der Waals surface area contributed by atoms with E-state index in [4.69, 9.17) is 17.0 Å². The Balaban J connectivity index is 1.78. The number of ether oxygens (including phenoxy) is 1. The fourth-order valence-corrected chi connectivity index (χ4v) is 3.09. The summed E-state index contributed by atoms with van der Waals surface area (Å²) in [7, 11) is 1.55. The molecular formula is C22H20N2O2S. The van der Waals surface area contributed by atoms with Crippen LogP contribution in [0.2, 0.25) is 0 Å². The second kappa shape index (κ2) is 8.47. The molecule has 0 heterocycles. The molecule has 2 N–H and O–H groups in total. The Bertz CT molecular complexity index is 971. The minimum atomic E-state index is -0.315. The number of methoxy groups -OCH3 is 1. The van der Waals surface area contributed by atoms with Crippen LogP contribution in [0.1, 0.15) is 15.9 Å². The molecule has 0 aliphatic carbocycles. The number of hydrogen-bond acceptors (Lipinski definition) is 3. The van der Waals surface area contributed by atoms with E-state index in [1.165, 1.54) is 0 Å². The minimum absolute atomic E-state index is 0.229. The smallest absolute Gasteiger partial charge is 0.261 e. The zero-order valence-corrected chi connectivity index (χ0v) is 16.0. The van der Waals surface area contributed by atoms with Crippen LogP contribution in [-0.4, -0.2) is 18.1 Å². The molecule has 5 heteroatoms. The quantitative estimate of drug-likeness (QED) is 0.643. The van der Waals surface area contributed by atoms with Crippen LogP contribution >= 0.6 is 12.2 Å². The van der Waals surface area contributed by atoms with E-state index >= 15 is 0 Å². The first-order valence-corrected chi connectivity index (χ1v) is 8.91. The van der Waals surface area contributed by atoms with Crippen molar-refractivity contribution in [2.75, 3.05) is 12.4 Å². The topological polar surface area (TPSA) is 50.4 Å². The Morgan fingerprint density at radius 1 is 0.926 bits per heavy atom. The highest BCUT2D eigenvalue weighted by Crippen LogP contribution is 2.27. The van der Waals surface area contributed by atoms with Gasteiger partial charge in [-0.05, 0) is 42.4 Å². The lowest BCUT2D eigenvalue weighted by atomic mass is 10.0. The van der Waals surface area contributed by atoms with Crippen molar-refractivity contribution in [3.63, 3.8) is 0 Å². The number of benzene rings is 3. The Morgan fingerprint density at radius 2 is 1.63 bits per heavy atom. The average molecular weight is 376 g/mol. The van der Waals surface area contributed by atoms with Crippen molar-refractivity contribution in [3.8, 4) is 16.9 Å². The molecule has 3 rings (SSSR count). The van der Waals surface area contributed by atoms with Gasteiger partial charge in [-0.3, -0.25) is 10.1 Å². The number of carbonyl (C=O) groups is 1. The lowest BCUT2D eigenvalue weighted by Crippen LogP contribution is -2.34. The maximum absolute atomic E-state index is 12.6. The Hall–Kier alpha value is -3.18. The van der Waals surface area contributed by atoms with Gasteiger partial charge in [-0.1, -0.05) is 60.7 Å². The number of nitrogens with one attached hydrogen (secondary N) is 2. The summed E-state index contributed by atoms with van der Waals surface area (Å²) >= 11 is 5.35. The molecule has 0 aliphatic rings. The van der Waals surface area contributed by atoms with Gasteiger partial charge in [0.15, 0.2) is 5.11 Å². The van der Waals surface area contributed by atoms with Gasteiger partial charge in [0.2, 0.25) is 0 Å². The molecule has 0 saturated carbocycles. The van der Waals surface area contributed by atoms with Gasteiger partial charge in [-0.25, -0.2) is 0 Å². The first-order chi connectivity index (χ1) is 13.1. The summed E-state index contributed by atoms with van der Waals surface area (Å²) in [4.78, 5) is 12.6. The summed E-state index contributed by atoms with van der Waals surface area (Å²) < 4.78 is 5.35. The first-order valence-electron chi connectivity index (χ1n) is 8.50. The van der Waals surface area contributed by atoms with E-state index in [2.05, 4.69) is 10.6 Å². The van der Waals surface area contributed by atoms with E-state index in [1.807, 2.05) is 73.7 Å². The van der Waals surface area contributed by atoms with Crippen molar-refractivity contribution in [2.24, 2.45) is 0 Å². The van der Waals surface area contributed by atoms with Gasteiger partial charge in [-0.2, -0.15) is 0 Å². The van der Waals surface area contributed by atoms with Crippen molar-refractivity contribution >= 4 is 28.9 Å². The minimum Gasteiger partial charge on any atom is -0.496 e. The predicted molar refractivity (Wildman–Crippen MR) is 113 cm³/mol. The number of aryl methyl sites for hydroxylation is 1. The molecule has 3 aromatic carbocycles. The third kappa shape index (κ3) is 4.33. The first kappa shape index (κ1) is 18.6. The standard InChI is InChI=1S/C22H20N2O2S/c1-15-9-8-13-18(20(15)26-2)21(25)24-22(27)23-19-14-7-6-12-17(19)16-10-4-3-5-11-16/h3-14H,1-2H3,(H2,23,24,25,27). The van der Waals surface area contributed by atoms with Gasteiger partial charge in [0.1, 0.15) is 5.75 Å². The zero-order chi connectivity index (χ0) is 19.2. The van der Waals surface area contributed by atoms with Crippen LogP contribution in [-0.2, 0) is 0 Å². The molecule has 136 valence electrons. The molecule has 0 spiro atoms. The Kier molecular flexibility index (Phi) is 5.84. The lowest BCUT2D eigenvalue weighted by Gasteiger charge is -2.15. The number of thiocarbonyl (C=S) groups is 1. The molecule has 0 bridgehead atoms. The molecule has 27 heavy (non-hydrogen) atoms. The van der Waals surface area contributed by atoms with E-state index in [0.717, 1.165) is 22.4 Å². The van der Waals surface area contributed by atoms with Crippen LogP contribution in [0.5, 0.6) is 5.75 Å². The van der Waals surface area contributed by atoms with Gasteiger partial charge in [0.25, 0.3) is 5.91 Å². The largest absolute Gasteiger partial charge is 0.496 e. The fraction of sp³-hybridized carbons (Fsp3) is 0.0909. The van der Waals surface area contributed by atoms with Gasteiger partial charge < -0.3 is 10.1 Å². The molecule has 1 amide bonds. The number of anilines is 1. The molecule has 0 saturated heterocycles. The second-order valence-corrected chi connectivity index (χ2v) is 6.38. The number of para-hydroxylation sites is 2. The van der Waals surface area contributed by atoms with Crippen molar-refractivity contribution < 1.29 is 9.53 Å². The predicted octanol–water partition coefficient (Wildman–Crippen LogP) is 4.80. The number of amides is 1. The van der Waals surface area contributed by atoms with Crippen molar-refractivity contribution in [3.05, 3.63) is 83.9 Å². The molecule has 0 aliphatic heterocycles. The van der Waals surface area contributed by atoms with Crippen LogP contribution in [0.3, 0.4) is 0 Å². The van der Waals surface area contributed by atoms with Crippen LogP contribution in [0.25, 0.3) is 11.1 Å². The van der Waals surface area contributed by atoms with E-state index in [1.54, 1.807) is 13.2 Å². The number of rotatable bonds is 4. The third-order valence-electron chi connectivity index (χ3n) is 4.15. The molecule has 3 aromatic rings. The number of carbonyl (C=O) groups excluding carboxylic acids is 1. The lowest BCUT2D eigenvalue weighted by molar-refractivity contribution is 0.0974. The van der Waals surface area contributed by atoms with Gasteiger partial charge in [0, 0.05) is 11.3 Å². The van der Waals surface area contributed by atoms with E-state index in [0.29, 0.717) is 11.3 Å². The SMILES string of the molecule is COc1c(C)cccc1C(=O)NC(=S)Nc1ccccc1-c1ccccc1. The Morgan fingerprint density at radius 3 is 2.37 bits per heavy atom. The Labute approximate surface area is 164 Å². The monoisotopic (exact) mass is 376 g/mol. The van der Waals surface area contributed by atoms with Crippen LogP contribution in [0.4, 0.5) is 5.69 Å². The van der Waals surface area contributed by atoms with Crippen molar-refractivity contribution in [2.45, 2.75) is 6.92 Å². The normalized spacial score (nSPS) is 10.1. The van der Waals surface area contributed by atoms with Gasteiger partial charge in [-0.15, -0.1) is 0 Å². The molecule has 0 atom stereocenters. The van der Waals surface area contributed by atoms with Gasteiger partial charge in [0.05, 0.1) is 12.7 Å². The van der Waals surface area contributed by atoms with E-state index in [-0.39, 0.29) is 11.0 Å². The highest BCUT2D eigenvalue weighted by atomic mass is 32.1. The zero-order valence-electron chi connectivity index (χ0n) is 15.2. The van der Waals surface area contributed by atoms with Crippen LogP contribution in [0, 0.1) is 6.92 Å². The third-order valence-corrected chi connectivity index (χ3v) is 4.35. The molecule has 0 unspecified atom stereocenters. The molecule has 0 aromatic heterocycles. The molecular weight excluding hydrogens is 356 g/mol. The van der Waals surface area contributed by atoms with Crippen molar-refractivity contribution in [1.29, 1.82) is 0 Å². The maximum Gasteiger partial charge on any atom is 0.261 e. The summed E-state index contributed by atoms with van der Waals surface area (Å²) in [5, 5.41) is 6.08. The summed E-state index contributed by atoms with van der Waals surface area (Å²) in [6.45, 7) is 1.89. The molecule has 4 nitrogen and oxygen atoms in total. The summed E-state index contributed by atoms with van der Waals surface area (Å²) in [6, 6.07) is 23.2. The molecule has 0 fully saturated rings. The van der Waals surface area contributed by atoms with E-state index in [9.17, 15) is 4.79 Å². The summed E-state index contributed by atoms with van der Waals surface area (Å²) in [5.41, 5.74) is 4.22. The average Bonchev–Trinajstić information content (AvgIpc) is 2.68. The maximum atomic E-state index is 12.6.